The van der Waals surface area contributed by atoms with E-state index in [-0.39, 0.29) is 56.8 Å². The molecule has 10 nitrogen and oxygen atoms in total. The van der Waals surface area contributed by atoms with E-state index in [0.717, 1.165) is 44.7 Å². The van der Waals surface area contributed by atoms with Crippen molar-refractivity contribution in [1.82, 2.24) is 10.2 Å². The summed E-state index contributed by atoms with van der Waals surface area (Å²) in [5, 5.41) is 21.4. The Kier molecular flexibility index (Phi) is 12.2. The van der Waals surface area contributed by atoms with Gasteiger partial charge in [-0.05, 0) is 39.4 Å². The van der Waals surface area contributed by atoms with Crippen LogP contribution in [0.25, 0.3) is 11.1 Å². The summed E-state index contributed by atoms with van der Waals surface area (Å²) in [4.78, 5) is 39.5. The lowest BCUT2D eigenvalue weighted by Gasteiger charge is -2.41. The van der Waals surface area contributed by atoms with Gasteiger partial charge in [0.1, 0.15) is 12.6 Å². The molecule has 2 heterocycles. The number of imide groups is 1. The Labute approximate surface area is 301 Å². The van der Waals surface area contributed by atoms with Crippen molar-refractivity contribution in [2.24, 2.45) is 5.92 Å². The third-order valence-corrected chi connectivity index (χ3v) is 10.2. The number of carbonyl (C=O) groups is 3. The van der Waals surface area contributed by atoms with E-state index >= 15 is 0 Å². The Balaban J connectivity index is 1.10. The highest BCUT2D eigenvalue weighted by Gasteiger charge is 2.40. The Morgan fingerprint density at radius 3 is 2.31 bits per heavy atom. The molecule has 4 aromatic rings. The van der Waals surface area contributed by atoms with Gasteiger partial charge in [-0.2, -0.15) is 11.8 Å². The number of rotatable bonds is 13. The number of aliphatic hydroxyl groups excluding tert-OH is 2. The largest absolute Gasteiger partial charge is 0.445 e. The first-order chi connectivity index (χ1) is 24.8. The third-order valence-electron chi connectivity index (χ3n) is 9.17. The highest BCUT2D eigenvalue weighted by molar-refractivity contribution is 7.99. The minimum absolute atomic E-state index is 0.0247. The molecule has 6 rings (SSSR count). The van der Waals surface area contributed by atoms with Gasteiger partial charge in [0.2, 0.25) is 5.91 Å². The Hall–Kier alpha value is -4.52. The number of benzene rings is 4. The van der Waals surface area contributed by atoms with Crippen LogP contribution >= 0.6 is 11.8 Å². The average Bonchev–Trinajstić information content (AvgIpc) is 3.42. The number of thioether (sulfide) groups is 1. The van der Waals surface area contributed by atoms with E-state index in [1.165, 1.54) is 4.90 Å². The van der Waals surface area contributed by atoms with Gasteiger partial charge in [0, 0.05) is 23.0 Å². The predicted molar refractivity (Wildman–Crippen MR) is 193 cm³/mol. The van der Waals surface area contributed by atoms with Crippen LogP contribution in [0.2, 0.25) is 0 Å². The quantitative estimate of drug-likeness (QED) is 0.114. The summed E-state index contributed by atoms with van der Waals surface area (Å²) >= 11 is 1.65. The maximum Gasteiger partial charge on any atom is 0.408 e. The van der Waals surface area contributed by atoms with E-state index in [1.807, 2.05) is 103 Å². The normalized spacial score (nSPS) is 21.9. The number of hydrogen-bond donors (Lipinski definition) is 3. The zero-order chi connectivity index (χ0) is 35.7. The first-order valence-corrected chi connectivity index (χ1v) is 18.2. The van der Waals surface area contributed by atoms with E-state index < -0.39 is 24.3 Å². The lowest BCUT2D eigenvalue weighted by molar-refractivity contribution is -0.268. The first-order valence-electron chi connectivity index (χ1n) is 17.0. The first kappa shape index (κ1) is 36.3. The summed E-state index contributed by atoms with van der Waals surface area (Å²) < 4.78 is 18.3. The Bertz CT molecular complexity index is 1790. The SMILES string of the molecule is C[C@@H]1[C@H](CSCCO)O[C@H](c2ccc(-c3cccc(CN4C(=O)CC(NC(=O)OCc5ccccc5)C4=O)c3)cc2)O[C@@H]1c1ccc(CO)cc1. The lowest BCUT2D eigenvalue weighted by atomic mass is 9.91. The van der Waals surface area contributed by atoms with Crippen LogP contribution in [0, 0.1) is 5.92 Å². The summed E-state index contributed by atoms with van der Waals surface area (Å²) in [5.41, 5.74) is 6.16. The number of carbonyl (C=O) groups excluding carboxylic acids is 3. The number of amides is 3. The Morgan fingerprint density at radius 1 is 0.863 bits per heavy atom. The zero-order valence-corrected chi connectivity index (χ0v) is 29.2. The van der Waals surface area contributed by atoms with Gasteiger partial charge < -0.3 is 29.7 Å². The maximum absolute atomic E-state index is 13.1. The minimum Gasteiger partial charge on any atom is -0.445 e. The lowest BCUT2D eigenvalue weighted by Crippen LogP contribution is -2.41. The molecule has 266 valence electrons. The van der Waals surface area contributed by atoms with E-state index in [0.29, 0.717) is 5.75 Å². The summed E-state index contributed by atoms with van der Waals surface area (Å²) in [7, 11) is 0. The topological polar surface area (TPSA) is 135 Å². The predicted octanol–water partition coefficient (Wildman–Crippen LogP) is 5.92. The van der Waals surface area contributed by atoms with Gasteiger partial charge in [-0.25, -0.2) is 4.79 Å². The molecule has 0 aromatic heterocycles. The molecule has 4 aromatic carbocycles. The van der Waals surface area contributed by atoms with Crippen molar-refractivity contribution in [2.45, 2.75) is 57.6 Å². The summed E-state index contributed by atoms with van der Waals surface area (Å²) in [6, 6.07) is 31.6. The van der Waals surface area contributed by atoms with E-state index in [2.05, 4.69) is 12.2 Å². The summed E-state index contributed by atoms with van der Waals surface area (Å²) in [5.74, 6) is 0.575. The summed E-state index contributed by atoms with van der Waals surface area (Å²) in [6.45, 7) is 2.34. The van der Waals surface area contributed by atoms with Gasteiger partial charge in [-0.1, -0.05) is 104 Å². The highest BCUT2D eigenvalue weighted by atomic mass is 32.2. The van der Waals surface area contributed by atoms with Crippen molar-refractivity contribution in [1.29, 1.82) is 0 Å². The van der Waals surface area contributed by atoms with Crippen molar-refractivity contribution in [2.75, 3.05) is 18.1 Å². The molecule has 51 heavy (non-hydrogen) atoms. The van der Waals surface area contributed by atoms with E-state index in [1.54, 1.807) is 11.8 Å². The zero-order valence-electron chi connectivity index (χ0n) is 28.4. The number of nitrogens with one attached hydrogen (secondary N) is 1. The van der Waals surface area contributed by atoms with Crippen LogP contribution in [-0.2, 0) is 43.6 Å². The highest BCUT2D eigenvalue weighted by Crippen LogP contribution is 2.42. The van der Waals surface area contributed by atoms with Crippen LogP contribution in [0.15, 0.2) is 103 Å². The minimum atomic E-state index is -0.976. The molecule has 2 fully saturated rings. The van der Waals surface area contributed by atoms with Crippen molar-refractivity contribution in [3.8, 4) is 11.1 Å². The van der Waals surface area contributed by atoms with Crippen LogP contribution in [0.1, 0.15) is 53.6 Å². The molecule has 2 saturated heterocycles. The molecule has 0 radical (unpaired) electrons. The molecule has 0 bridgehead atoms. The number of likely N-dealkylation sites (tertiary alicyclic amines) is 1. The number of aliphatic hydroxyl groups is 2. The summed E-state index contributed by atoms with van der Waals surface area (Å²) in [6.07, 6.45) is -1.81. The molecule has 0 aliphatic carbocycles. The fourth-order valence-electron chi connectivity index (χ4n) is 6.31. The fraction of sp³-hybridized carbons (Fsp3) is 0.325. The third kappa shape index (κ3) is 9.05. The maximum atomic E-state index is 13.1. The monoisotopic (exact) mass is 710 g/mol. The van der Waals surface area contributed by atoms with Gasteiger partial charge >= 0.3 is 6.09 Å². The van der Waals surface area contributed by atoms with E-state index in [9.17, 15) is 24.6 Å². The van der Waals surface area contributed by atoms with Crippen LogP contribution in [-0.4, -0.2) is 63.3 Å². The van der Waals surface area contributed by atoms with Crippen LogP contribution in [0.5, 0.6) is 0 Å². The molecule has 2 aliphatic heterocycles. The van der Waals surface area contributed by atoms with Crippen molar-refractivity contribution in [3.63, 3.8) is 0 Å². The molecule has 11 heteroatoms. The molecular formula is C40H42N2O8S. The molecule has 0 saturated carbocycles. The number of ether oxygens (including phenoxy) is 3. The van der Waals surface area contributed by atoms with Crippen LogP contribution < -0.4 is 5.32 Å². The molecular weight excluding hydrogens is 669 g/mol. The second-order valence-electron chi connectivity index (χ2n) is 12.7. The van der Waals surface area contributed by atoms with Crippen molar-refractivity contribution in [3.05, 3.63) is 131 Å². The fourth-order valence-corrected chi connectivity index (χ4v) is 7.22. The van der Waals surface area contributed by atoms with Gasteiger partial charge in [-0.15, -0.1) is 0 Å². The Morgan fingerprint density at radius 2 is 1.59 bits per heavy atom. The smallest absolute Gasteiger partial charge is 0.408 e. The number of alkyl carbamates (subject to hydrolysis) is 1. The number of hydrogen-bond acceptors (Lipinski definition) is 9. The molecule has 2 aliphatic rings. The van der Waals surface area contributed by atoms with Crippen LogP contribution in [0.4, 0.5) is 4.79 Å². The molecule has 0 spiro atoms. The van der Waals surface area contributed by atoms with Gasteiger partial charge in [-0.3, -0.25) is 14.5 Å². The van der Waals surface area contributed by atoms with Crippen LogP contribution in [0.3, 0.4) is 0 Å². The molecule has 3 amide bonds. The second-order valence-corrected chi connectivity index (χ2v) is 13.9. The van der Waals surface area contributed by atoms with Crippen molar-refractivity contribution < 1.29 is 38.8 Å². The van der Waals surface area contributed by atoms with Crippen molar-refractivity contribution >= 4 is 29.7 Å². The second kappa shape index (κ2) is 17.1. The average molecular weight is 711 g/mol. The van der Waals surface area contributed by atoms with Gasteiger partial charge in [0.05, 0.1) is 38.4 Å². The standard InChI is InChI=1S/C40H42N2O8S/c1-26-35(25-51-19-18-43)49-39(50-37(26)31-12-10-27(23-44)11-13-31)32-16-14-30(15-17-32)33-9-5-8-29(20-33)22-42-36(45)21-34(38(42)46)41-40(47)48-24-28-6-3-2-4-7-28/h2-17,20,26,34-35,37,39,43-44H,18-19,21-25H2,1H3,(H,41,47)/t26-,34?,35+,37+,39+/m1/s1. The number of nitrogens with zero attached hydrogens (tertiary/aromatic N) is 1. The van der Waals surface area contributed by atoms with E-state index in [4.69, 9.17) is 14.2 Å². The molecule has 5 atom stereocenters. The van der Waals surface area contributed by atoms with Gasteiger partial charge in [0.15, 0.2) is 6.29 Å². The molecule has 1 unspecified atom stereocenters. The van der Waals surface area contributed by atoms with Gasteiger partial charge in [0.25, 0.3) is 5.91 Å². The molecule has 3 N–H and O–H groups in total.